The molecule has 0 unspecified atom stereocenters. The maximum atomic E-state index is 13.5. The Morgan fingerprint density at radius 2 is 2.21 bits per heavy atom. The van der Waals surface area contributed by atoms with Crippen molar-refractivity contribution in [2.24, 2.45) is 0 Å². The van der Waals surface area contributed by atoms with Crippen molar-refractivity contribution in [3.8, 4) is 0 Å². The number of amides is 1. The number of aryl methyl sites for hydroxylation is 1. The molecule has 3 nitrogen and oxygen atoms in total. The molecule has 102 valence electrons. The number of hydrogen-bond acceptors (Lipinski definition) is 2. The van der Waals surface area contributed by atoms with E-state index in [2.05, 4.69) is 15.9 Å². The fourth-order valence-corrected chi connectivity index (χ4v) is 2.59. The maximum absolute atomic E-state index is 13.5. The van der Waals surface area contributed by atoms with E-state index in [1.54, 1.807) is 17.0 Å². The van der Waals surface area contributed by atoms with Crippen LogP contribution in [-0.2, 0) is 16.0 Å². The molecule has 1 saturated heterocycles. The molecule has 1 fully saturated rings. The quantitative estimate of drug-likeness (QED) is 0.856. The van der Waals surface area contributed by atoms with Crippen LogP contribution in [0.1, 0.15) is 24.8 Å². The summed E-state index contributed by atoms with van der Waals surface area (Å²) in [6, 6.07) is 4.70. The van der Waals surface area contributed by atoms with Gasteiger partial charge in [0.05, 0.1) is 6.54 Å². The van der Waals surface area contributed by atoms with E-state index in [1.165, 1.54) is 6.07 Å². The van der Waals surface area contributed by atoms with Crippen molar-refractivity contribution in [1.82, 2.24) is 4.90 Å². The Morgan fingerprint density at radius 1 is 1.42 bits per heavy atom. The van der Waals surface area contributed by atoms with Crippen LogP contribution >= 0.6 is 15.9 Å². The van der Waals surface area contributed by atoms with Gasteiger partial charge in [-0.05, 0) is 36.6 Å². The number of carbonyl (C=O) groups is 2. The smallest absolute Gasteiger partial charge is 0.223 e. The van der Waals surface area contributed by atoms with Crippen LogP contribution in [0.5, 0.6) is 0 Å². The number of piperidine rings is 1. The molecule has 19 heavy (non-hydrogen) atoms. The fraction of sp³-hybridized carbons (Fsp3) is 0.429. The second kappa shape index (κ2) is 6.28. The zero-order valence-corrected chi connectivity index (χ0v) is 12.1. The van der Waals surface area contributed by atoms with Crippen LogP contribution in [0.25, 0.3) is 0 Å². The van der Waals surface area contributed by atoms with Gasteiger partial charge in [-0.25, -0.2) is 4.39 Å². The normalized spacial score (nSPS) is 15.7. The molecule has 1 amide bonds. The average molecular weight is 328 g/mol. The van der Waals surface area contributed by atoms with Crippen LogP contribution in [-0.4, -0.2) is 29.7 Å². The van der Waals surface area contributed by atoms with E-state index in [0.717, 1.165) is 10.9 Å². The summed E-state index contributed by atoms with van der Waals surface area (Å²) in [4.78, 5) is 24.8. The summed E-state index contributed by atoms with van der Waals surface area (Å²) in [5.74, 6) is -0.272. The van der Waals surface area contributed by atoms with Crippen LogP contribution < -0.4 is 0 Å². The summed E-state index contributed by atoms with van der Waals surface area (Å²) in [7, 11) is 0. The molecule has 0 atom stereocenters. The highest BCUT2D eigenvalue weighted by Gasteiger charge is 2.21. The SMILES string of the molecule is O=C1CCCN(C(=O)CCc2cc(Br)ccc2F)C1. The van der Waals surface area contributed by atoms with Gasteiger partial charge in [-0.2, -0.15) is 0 Å². The molecule has 2 rings (SSSR count). The summed E-state index contributed by atoms with van der Waals surface area (Å²) in [5, 5.41) is 0. The molecular formula is C14H15BrFNO2. The summed E-state index contributed by atoms with van der Waals surface area (Å²) in [6.45, 7) is 0.839. The van der Waals surface area contributed by atoms with E-state index in [0.29, 0.717) is 24.9 Å². The van der Waals surface area contributed by atoms with Crippen LogP contribution in [0.15, 0.2) is 22.7 Å². The predicted octanol–water partition coefficient (Wildman–Crippen LogP) is 2.71. The topological polar surface area (TPSA) is 37.4 Å². The fourth-order valence-electron chi connectivity index (χ4n) is 2.19. The minimum absolute atomic E-state index is 0.0765. The third kappa shape index (κ3) is 3.86. The number of likely N-dealkylation sites (tertiary alicyclic amines) is 1. The van der Waals surface area contributed by atoms with Gasteiger partial charge in [-0.15, -0.1) is 0 Å². The zero-order chi connectivity index (χ0) is 13.8. The molecule has 0 radical (unpaired) electrons. The first-order valence-electron chi connectivity index (χ1n) is 6.29. The van der Waals surface area contributed by atoms with Crippen molar-refractivity contribution >= 4 is 27.6 Å². The first-order chi connectivity index (χ1) is 9.06. The molecule has 1 heterocycles. The standard InChI is InChI=1S/C14H15BrFNO2/c15-11-4-5-13(16)10(8-11)3-6-14(19)17-7-1-2-12(18)9-17/h4-5,8H,1-3,6-7,9H2. The molecule has 0 aromatic heterocycles. The van der Waals surface area contributed by atoms with Crippen molar-refractivity contribution in [1.29, 1.82) is 0 Å². The van der Waals surface area contributed by atoms with E-state index in [1.807, 2.05) is 0 Å². The molecule has 0 aliphatic carbocycles. The molecular weight excluding hydrogens is 313 g/mol. The van der Waals surface area contributed by atoms with Crippen LogP contribution in [0.3, 0.4) is 0 Å². The summed E-state index contributed by atoms with van der Waals surface area (Å²) in [5.41, 5.74) is 0.520. The Balaban J connectivity index is 1.92. The third-order valence-electron chi connectivity index (χ3n) is 3.22. The number of ketones is 1. The molecule has 1 aromatic rings. The number of rotatable bonds is 3. The lowest BCUT2D eigenvalue weighted by Crippen LogP contribution is -2.40. The van der Waals surface area contributed by atoms with E-state index < -0.39 is 0 Å². The van der Waals surface area contributed by atoms with E-state index in [4.69, 9.17) is 0 Å². The van der Waals surface area contributed by atoms with Gasteiger partial charge in [0, 0.05) is 23.9 Å². The van der Waals surface area contributed by atoms with Crippen molar-refractivity contribution in [3.63, 3.8) is 0 Å². The largest absolute Gasteiger partial charge is 0.335 e. The minimum atomic E-state index is -0.300. The average Bonchev–Trinajstić information content (AvgIpc) is 2.39. The van der Waals surface area contributed by atoms with Gasteiger partial charge in [-0.1, -0.05) is 15.9 Å². The minimum Gasteiger partial charge on any atom is -0.335 e. The summed E-state index contributed by atoms with van der Waals surface area (Å²) >= 11 is 3.28. The van der Waals surface area contributed by atoms with Gasteiger partial charge < -0.3 is 4.90 Å². The molecule has 0 spiro atoms. The molecule has 1 aliphatic heterocycles. The van der Waals surface area contributed by atoms with Crippen LogP contribution in [0.2, 0.25) is 0 Å². The van der Waals surface area contributed by atoms with E-state index >= 15 is 0 Å². The van der Waals surface area contributed by atoms with Gasteiger partial charge in [0.1, 0.15) is 5.82 Å². The third-order valence-corrected chi connectivity index (χ3v) is 3.71. The molecule has 1 aliphatic rings. The number of Topliss-reactive ketones (excluding diaryl/α,β-unsaturated/α-hetero) is 1. The van der Waals surface area contributed by atoms with Crippen LogP contribution in [0, 0.1) is 5.82 Å². The Labute approximate surface area is 119 Å². The first kappa shape index (κ1) is 14.2. The second-order valence-corrected chi connectivity index (χ2v) is 5.61. The van der Waals surface area contributed by atoms with E-state index in [9.17, 15) is 14.0 Å². The maximum Gasteiger partial charge on any atom is 0.223 e. The Kier molecular flexibility index (Phi) is 4.69. The van der Waals surface area contributed by atoms with Gasteiger partial charge in [0.25, 0.3) is 0 Å². The van der Waals surface area contributed by atoms with Crippen LogP contribution in [0.4, 0.5) is 4.39 Å². The second-order valence-electron chi connectivity index (χ2n) is 4.69. The van der Waals surface area contributed by atoms with Gasteiger partial charge >= 0.3 is 0 Å². The number of nitrogens with zero attached hydrogens (tertiary/aromatic N) is 1. The lowest BCUT2D eigenvalue weighted by Gasteiger charge is -2.25. The zero-order valence-electron chi connectivity index (χ0n) is 10.5. The number of benzene rings is 1. The highest BCUT2D eigenvalue weighted by Crippen LogP contribution is 2.17. The number of carbonyl (C=O) groups excluding carboxylic acids is 2. The summed E-state index contributed by atoms with van der Waals surface area (Å²) < 4.78 is 14.3. The molecule has 0 bridgehead atoms. The van der Waals surface area contributed by atoms with Crippen molar-refractivity contribution in [2.75, 3.05) is 13.1 Å². The van der Waals surface area contributed by atoms with Crippen molar-refractivity contribution < 1.29 is 14.0 Å². The Hall–Kier alpha value is -1.23. The highest BCUT2D eigenvalue weighted by molar-refractivity contribution is 9.10. The van der Waals surface area contributed by atoms with E-state index in [-0.39, 0.29) is 30.5 Å². The Morgan fingerprint density at radius 3 is 2.95 bits per heavy atom. The lowest BCUT2D eigenvalue weighted by atomic mass is 10.1. The predicted molar refractivity (Wildman–Crippen MR) is 73.2 cm³/mol. The molecule has 5 heteroatoms. The highest BCUT2D eigenvalue weighted by atomic mass is 79.9. The molecule has 1 aromatic carbocycles. The van der Waals surface area contributed by atoms with Crippen molar-refractivity contribution in [3.05, 3.63) is 34.1 Å². The van der Waals surface area contributed by atoms with Gasteiger partial charge in [0.15, 0.2) is 5.78 Å². The van der Waals surface area contributed by atoms with Gasteiger partial charge in [-0.3, -0.25) is 9.59 Å². The van der Waals surface area contributed by atoms with Gasteiger partial charge in [0.2, 0.25) is 5.91 Å². The molecule has 0 N–H and O–H groups in total. The van der Waals surface area contributed by atoms with Crippen molar-refractivity contribution in [2.45, 2.75) is 25.7 Å². The molecule has 0 saturated carbocycles. The first-order valence-corrected chi connectivity index (χ1v) is 7.09. The Bertz CT molecular complexity index is 504. The summed E-state index contributed by atoms with van der Waals surface area (Å²) in [6.07, 6.45) is 1.88. The number of hydrogen-bond donors (Lipinski definition) is 0. The number of halogens is 2. The monoisotopic (exact) mass is 327 g/mol. The lowest BCUT2D eigenvalue weighted by molar-refractivity contribution is -0.137.